The Balaban J connectivity index is 1.36. The van der Waals surface area contributed by atoms with Crippen molar-refractivity contribution in [3.8, 4) is 11.5 Å². The lowest BCUT2D eigenvalue weighted by molar-refractivity contribution is 0.0954. The Kier molecular flexibility index (Phi) is 6.54. The largest absolute Gasteiger partial charge is 0.477 e. The van der Waals surface area contributed by atoms with Crippen LogP contribution < -0.4 is 9.47 Å². The zero-order chi connectivity index (χ0) is 24.0. The van der Waals surface area contributed by atoms with Gasteiger partial charge in [0.15, 0.2) is 5.76 Å². The highest BCUT2D eigenvalue weighted by Crippen LogP contribution is 2.43. The topological polar surface area (TPSA) is 38.8 Å². The van der Waals surface area contributed by atoms with Gasteiger partial charge in [-0.2, -0.15) is 0 Å². The Labute approximate surface area is 217 Å². The van der Waals surface area contributed by atoms with E-state index in [-0.39, 0.29) is 11.5 Å². The molecule has 2 heterocycles. The molecule has 0 radical (unpaired) electrons. The van der Waals surface area contributed by atoms with Crippen LogP contribution in [0, 0.1) is 6.92 Å². The summed E-state index contributed by atoms with van der Waals surface area (Å²) >= 11 is 24.4. The van der Waals surface area contributed by atoms with E-state index in [4.69, 9.17) is 55.9 Å². The highest BCUT2D eigenvalue weighted by molar-refractivity contribution is 6.42. The van der Waals surface area contributed by atoms with E-state index in [1.54, 1.807) is 30.3 Å². The highest BCUT2D eigenvalue weighted by Gasteiger charge is 2.33. The van der Waals surface area contributed by atoms with Crippen LogP contribution in [0.15, 0.2) is 48.2 Å². The van der Waals surface area contributed by atoms with Crippen molar-refractivity contribution < 1.29 is 14.3 Å². The van der Waals surface area contributed by atoms with Gasteiger partial charge >= 0.3 is 0 Å². The van der Waals surface area contributed by atoms with Crippen LogP contribution in [0.2, 0.25) is 20.1 Å². The predicted molar refractivity (Wildman–Crippen MR) is 137 cm³/mol. The minimum atomic E-state index is -0.169. The first kappa shape index (κ1) is 23.5. The molecule has 0 atom stereocenters. The normalized spacial score (nSPS) is 16.3. The predicted octanol–water partition coefficient (Wildman–Crippen LogP) is 7.62. The number of halogens is 4. The molecule has 2 aliphatic heterocycles. The first-order valence-electron chi connectivity index (χ1n) is 10.6. The minimum absolute atomic E-state index is 0.169. The van der Waals surface area contributed by atoms with Crippen LogP contribution in [0.25, 0.3) is 6.08 Å². The lowest BCUT2D eigenvalue weighted by atomic mass is 10.00. The molecule has 5 rings (SSSR count). The van der Waals surface area contributed by atoms with Gasteiger partial charge in [0.2, 0.25) is 5.78 Å². The van der Waals surface area contributed by atoms with Crippen LogP contribution >= 0.6 is 46.4 Å². The van der Waals surface area contributed by atoms with Crippen molar-refractivity contribution in [2.45, 2.75) is 19.9 Å². The number of ketones is 1. The molecule has 0 N–H and O–H groups in total. The molecule has 174 valence electrons. The fourth-order valence-corrected chi connectivity index (χ4v) is 5.01. The highest BCUT2D eigenvalue weighted by atomic mass is 35.5. The number of fused-ring (bicyclic) bond motifs is 2. The van der Waals surface area contributed by atoms with Gasteiger partial charge in [-0.05, 0) is 60.9 Å². The molecule has 0 aliphatic carbocycles. The van der Waals surface area contributed by atoms with Gasteiger partial charge in [-0.1, -0.05) is 58.5 Å². The molecule has 8 heteroatoms. The SMILES string of the molecule is Cc1c2c(cc3c1O/C(=C\c1ccc(Cl)c(Cl)c1)C3=O)CN(CCc1ccc(Cl)cc1Cl)CO2. The van der Waals surface area contributed by atoms with Gasteiger partial charge in [-0.25, -0.2) is 0 Å². The number of hydrogen-bond acceptors (Lipinski definition) is 4. The smallest absolute Gasteiger partial charge is 0.231 e. The lowest BCUT2D eigenvalue weighted by Gasteiger charge is -2.30. The summed E-state index contributed by atoms with van der Waals surface area (Å²) in [6.45, 7) is 3.77. The van der Waals surface area contributed by atoms with Gasteiger partial charge in [-0.15, -0.1) is 0 Å². The summed E-state index contributed by atoms with van der Waals surface area (Å²) in [5, 5.41) is 2.14. The van der Waals surface area contributed by atoms with Gasteiger partial charge in [0.1, 0.15) is 18.2 Å². The van der Waals surface area contributed by atoms with E-state index < -0.39 is 0 Å². The molecule has 0 amide bonds. The second-order valence-electron chi connectivity index (χ2n) is 8.29. The maximum atomic E-state index is 13.1. The molecule has 4 nitrogen and oxygen atoms in total. The third-order valence-corrected chi connectivity index (χ3v) is 7.28. The molecule has 0 bridgehead atoms. The molecule has 0 spiro atoms. The summed E-state index contributed by atoms with van der Waals surface area (Å²) in [5.74, 6) is 1.38. The number of rotatable bonds is 4. The molecule has 0 unspecified atom stereocenters. The van der Waals surface area contributed by atoms with Gasteiger partial charge in [0.05, 0.1) is 15.6 Å². The van der Waals surface area contributed by atoms with Gasteiger partial charge < -0.3 is 9.47 Å². The maximum absolute atomic E-state index is 13.1. The van der Waals surface area contributed by atoms with Crippen molar-refractivity contribution in [2.75, 3.05) is 13.3 Å². The molecule has 0 saturated heterocycles. The van der Waals surface area contributed by atoms with Crippen molar-refractivity contribution in [2.24, 2.45) is 0 Å². The van der Waals surface area contributed by atoms with E-state index in [9.17, 15) is 4.79 Å². The van der Waals surface area contributed by atoms with Crippen LogP contribution in [0.3, 0.4) is 0 Å². The quantitative estimate of drug-likeness (QED) is 0.323. The zero-order valence-electron chi connectivity index (χ0n) is 18.1. The van der Waals surface area contributed by atoms with Crippen molar-refractivity contribution in [3.63, 3.8) is 0 Å². The number of nitrogens with zero attached hydrogens (tertiary/aromatic N) is 1. The van der Waals surface area contributed by atoms with Gasteiger partial charge in [0, 0.05) is 34.3 Å². The molecular weight excluding hydrogens is 516 g/mol. The molecule has 0 saturated carbocycles. The number of carbonyl (C=O) groups excluding carboxylic acids is 1. The molecule has 0 aromatic heterocycles. The number of allylic oxidation sites excluding steroid dienone is 1. The average molecular weight is 535 g/mol. The molecule has 3 aromatic rings. The van der Waals surface area contributed by atoms with E-state index in [1.165, 1.54) is 0 Å². The second-order valence-corrected chi connectivity index (χ2v) is 9.95. The zero-order valence-corrected chi connectivity index (χ0v) is 21.2. The van der Waals surface area contributed by atoms with Crippen LogP contribution in [0.1, 0.15) is 32.6 Å². The Bertz CT molecular complexity index is 1350. The molecule has 3 aromatic carbocycles. The van der Waals surface area contributed by atoms with Crippen molar-refractivity contribution in [1.82, 2.24) is 4.90 Å². The van der Waals surface area contributed by atoms with Crippen molar-refractivity contribution in [3.05, 3.63) is 96.1 Å². The molecule has 0 fully saturated rings. The van der Waals surface area contributed by atoms with Crippen LogP contribution in [0.5, 0.6) is 11.5 Å². The summed E-state index contributed by atoms with van der Waals surface area (Å²) < 4.78 is 12.0. The summed E-state index contributed by atoms with van der Waals surface area (Å²) in [5.41, 5.74) is 4.07. The number of ether oxygens (including phenoxy) is 2. The van der Waals surface area contributed by atoms with Gasteiger partial charge in [0.25, 0.3) is 0 Å². The Morgan fingerprint density at radius 2 is 1.79 bits per heavy atom. The fourth-order valence-electron chi connectivity index (χ4n) is 4.20. The molecular formula is C26H19Cl4NO3. The van der Waals surface area contributed by atoms with Crippen LogP contribution in [-0.4, -0.2) is 24.0 Å². The standard InChI is InChI=1S/C26H19Cl4NO3/c1-14-25-17(12-31(13-33-25)7-6-16-3-4-18(27)11-21(16)29)10-19-24(32)23(34-26(14)19)9-15-2-5-20(28)22(30)8-15/h2-5,8-11H,6-7,12-13H2,1H3/b23-9-. The number of hydrogen-bond donors (Lipinski definition) is 0. The van der Waals surface area contributed by atoms with Crippen molar-refractivity contribution in [1.29, 1.82) is 0 Å². The summed E-state index contributed by atoms with van der Waals surface area (Å²) in [6, 6.07) is 12.6. The Hall–Kier alpha value is -2.21. The number of benzene rings is 3. The van der Waals surface area contributed by atoms with Crippen molar-refractivity contribution >= 4 is 58.3 Å². The molecule has 2 aliphatic rings. The van der Waals surface area contributed by atoms with E-state index in [0.29, 0.717) is 44.7 Å². The third kappa shape index (κ3) is 4.53. The summed E-state index contributed by atoms with van der Waals surface area (Å²) in [7, 11) is 0. The fraction of sp³-hybridized carbons (Fsp3) is 0.192. The summed E-state index contributed by atoms with van der Waals surface area (Å²) in [6.07, 6.45) is 2.43. The van der Waals surface area contributed by atoms with E-state index in [1.807, 2.05) is 25.1 Å². The summed E-state index contributed by atoms with van der Waals surface area (Å²) in [4.78, 5) is 15.3. The first-order chi connectivity index (χ1) is 16.3. The second kappa shape index (κ2) is 9.44. The lowest BCUT2D eigenvalue weighted by Crippen LogP contribution is -2.34. The minimum Gasteiger partial charge on any atom is -0.477 e. The average Bonchev–Trinajstić information content (AvgIpc) is 3.11. The first-order valence-corrected chi connectivity index (χ1v) is 12.2. The number of Topliss-reactive ketones (excluding diaryl/α,β-unsaturated/α-hetero) is 1. The van der Waals surface area contributed by atoms with E-state index >= 15 is 0 Å². The maximum Gasteiger partial charge on any atom is 0.231 e. The third-order valence-electron chi connectivity index (χ3n) is 5.96. The van der Waals surface area contributed by atoms with Gasteiger partial charge in [-0.3, -0.25) is 9.69 Å². The van der Waals surface area contributed by atoms with E-state index in [2.05, 4.69) is 4.90 Å². The monoisotopic (exact) mass is 533 g/mol. The van der Waals surface area contributed by atoms with Crippen LogP contribution in [-0.2, 0) is 13.0 Å². The number of carbonyl (C=O) groups is 1. The molecule has 34 heavy (non-hydrogen) atoms. The Morgan fingerprint density at radius 3 is 2.56 bits per heavy atom. The van der Waals surface area contributed by atoms with E-state index in [0.717, 1.165) is 41.0 Å². The van der Waals surface area contributed by atoms with Crippen LogP contribution in [0.4, 0.5) is 0 Å². The Morgan fingerprint density at radius 1 is 0.971 bits per heavy atom.